The number of nitrogens with zero attached hydrogens (tertiary/aromatic N) is 2. The molecular weight excluding hydrogens is 346 g/mol. The lowest BCUT2D eigenvalue weighted by Gasteiger charge is -1.99. The number of carbonyl (C=O) groups excluding carboxylic acids is 1. The van der Waals surface area contributed by atoms with Crippen molar-refractivity contribution in [2.24, 2.45) is 12.0 Å². The Hall–Kier alpha value is -2.99. The lowest BCUT2D eigenvalue weighted by atomic mass is 10.1. The van der Waals surface area contributed by atoms with Gasteiger partial charge < -0.3 is 14.6 Å². The topological polar surface area (TPSA) is 55.6 Å². The number of fused-ring (bicyclic) bond motifs is 1. The molecular formula is C20H17N3O2S. The van der Waals surface area contributed by atoms with E-state index in [1.165, 1.54) is 11.8 Å². The summed E-state index contributed by atoms with van der Waals surface area (Å²) in [4.78, 5) is 17.4. The molecule has 0 spiro atoms. The van der Waals surface area contributed by atoms with Crippen LogP contribution in [0.5, 0.6) is 5.75 Å². The number of amidine groups is 1. The molecule has 1 aliphatic heterocycles. The van der Waals surface area contributed by atoms with Gasteiger partial charge in [0.05, 0.1) is 17.7 Å². The number of nitrogens with one attached hydrogen (secondary N) is 1. The molecule has 0 unspecified atom stereocenters. The smallest absolute Gasteiger partial charge is 0.264 e. The molecule has 0 saturated carbocycles. The van der Waals surface area contributed by atoms with Crippen molar-refractivity contribution in [3.63, 3.8) is 0 Å². The molecule has 3 aromatic rings. The van der Waals surface area contributed by atoms with Crippen LogP contribution in [0, 0.1) is 0 Å². The van der Waals surface area contributed by atoms with Gasteiger partial charge in [0.2, 0.25) is 0 Å². The number of thioether (sulfide) groups is 1. The van der Waals surface area contributed by atoms with Gasteiger partial charge in [-0.3, -0.25) is 4.79 Å². The van der Waals surface area contributed by atoms with Gasteiger partial charge in [-0.15, -0.1) is 0 Å². The molecule has 2 aromatic carbocycles. The highest BCUT2D eigenvalue weighted by molar-refractivity contribution is 8.18. The third-order valence-electron chi connectivity index (χ3n) is 4.17. The van der Waals surface area contributed by atoms with Gasteiger partial charge in [0.15, 0.2) is 5.17 Å². The Kier molecular flexibility index (Phi) is 4.26. The second-order valence-electron chi connectivity index (χ2n) is 5.89. The van der Waals surface area contributed by atoms with E-state index in [4.69, 9.17) is 4.74 Å². The molecule has 1 amide bonds. The minimum Gasteiger partial charge on any atom is -0.497 e. The molecule has 5 nitrogen and oxygen atoms in total. The van der Waals surface area contributed by atoms with E-state index in [9.17, 15) is 4.79 Å². The SMILES string of the molecule is COc1ccc(N=C2NC(=O)C(=Cc3cn(C)c4ccccc34)S2)cc1. The number of hydrogen-bond acceptors (Lipinski definition) is 4. The van der Waals surface area contributed by atoms with Crippen molar-refractivity contribution in [2.75, 3.05) is 7.11 Å². The predicted molar refractivity (Wildman–Crippen MR) is 107 cm³/mol. The average molecular weight is 363 g/mol. The molecule has 4 rings (SSSR count). The lowest BCUT2D eigenvalue weighted by Crippen LogP contribution is -2.19. The van der Waals surface area contributed by atoms with Crippen LogP contribution < -0.4 is 10.1 Å². The van der Waals surface area contributed by atoms with Crippen LogP contribution in [0.1, 0.15) is 5.56 Å². The van der Waals surface area contributed by atoms with E-state index in [0.717, 1.165) is 27.9 Å². The number of aromatic nitrogens is 1. The Morgan fingerprint density at radius 3 is 2.69 bits per heavy atom. The van der Waals surface area contributed by atoms with E-state index < -0.39 is 0 Å². The number of ether oxygens (including phenoxy) is 1. The van der Waals surface area contributed by atoms with Gasteiger partial charge in [0, 0.05) is 29.7 Å². The van der Waals surface area contributed by atoms with Crippen molar-refractivity contribution in [1.29, 1.82) is 0 Å². The Labute approximate surface area is 155 Å². The molecule has 0 radical (unpaired) electrons. The number of methoxy groups -OCH3 is 1. The van der Waals surface area contributed by atoms with Gasteiger partial charge in [0.1, 0.15) is 5.75 Å². The summed E-state index contributed by atoms with van der Waals surface area (Å²) in [5.74, 6) is 0.642. The second-order valence-corrected chi connectivity index (χ2v) is 6.92. The predicted octanol–water partition coefficient (Wildman–Crippen LogP) is 4.08. The summed E-state index contributed by atoms with van der Waals surface area (Å²) in [5, 5.41) is 4.52. The number of carbonyl (C=O) groups is 1. The van der Waals surface area contributed by atoms with Gasteiger partial charge in [-0.2, -0.15) is 0 Å². The van der Waals surface area contributed by atoms with Gasteiger partial charge in [0.25, 0.3) is 5.91 Å². The highest BCUT2D eigenvalue weighted by atomic mass is 32.2. The van der Waals surface area contributed by atoms with Crippen molar-refractivity contribution < 1.29 is 9.53 Å². The average Bonchev–Trinajstić information content (AvgIpc) is 3.16. The van der Waals surface area contributed by atoms with E-state index in [1.807, 2.05) is 55.7 Å². The normalized spacial score (nSPS) is 17.2. The quantitative estimate of drug-likeness (QED) is 0.714. The molecule has 1 N–H and O–H groups in total. The molecule has 0 atom stereocenters. The van der Waals surface area contributed by atoms with E-state index in [-0.39, 0.29) is 5.91 Å². The van der Waals surface area contributed by atoms with E-state index >= 15 is 0 Å². The van der Waals surface area contributed by atoms with Crippen LogP contribution in [0.2, 0.25) is 0 Å². The van der Waals surface area contributed by atoms with Crippen molar-refractivity contribution in [3.05, 3.63) is 65.2 Å². The molecule has 0 aliphatic carbocycles. The highest BCUT2D eigenvalue weighted by Gasteiger charge is 2.24. The Bertz CT molecular complexity index is 1050. The van der Waals surface area contributed by atoms with Crippen LogP contribution in [-0.4, -0.2) is 22.8 Å². The molecule has 2 heterocycles. The number of aliphatic imine (C=N–C) groups is 1. The van der Waals surface area contributed by atoms with Crippen LogP contribution in [0.15, 0.2) is 64.6 Å². The zero-order valence-corrected chi connectivity index (χ0v) is 15.2. The van der Waals surface area contributed by atoms with E-state index in [0.29, 0.717) is 10.1 Å². The van der Waals surface area contributed by atoms with Gasteiger partial charge in [-0.05, 0) is 48.2 Å². The maximum Gasteiger partial charge on any atom is 0.264 e. The summed E-state index contributed by atoms with van der Waals surface area (Å²) in [6, 6.07) is 15.5. The Morgan fingerprint density at radius 1 is 1.15 bits per heavy atom. The van der Waals surface area contributed by atoms with Crippen LogP contribution in [0.25, 0.3) is 17.0 Å². The Morgan fingerprint density at radius 2 is 1.92 bits per heavy atom. The van der Waals surface area contributed by atoms with E-state index in [1.54, 1.807) is 7.11 Å². The molecule has 1 aliphatic rings. The van der Waals surface area contributed by atoms with Crippen molar-refractivity contribution in [2.45, 2.75) is 0 Å². The first-order valence-corrected chi connectivity index (χ1v) is 8.93. The monoisotopic (exact) mass is 363 g/mol. The van der Waals surface area contributed by atoms with Crippen molar-refractivity contribution in [3.8, 4) is 5.75 Å². The number of hydrogen-bond donors (Lipinski definition) is 1. The number of aryl methyl sites for hydroxylation is 1. The van der Waals surface area contributed by atoms with Crippen LogP contribution in [-0.2, 0) is 11.8 Å². The largest absolute Gasteiger partial charge is 0.497 e. The second kappa shape index (κ2) is 6.72. The molecule has 1 fully saturated rings. The molecule has 0 bridgehead atoms. The minimum atomic E-state index is -0.129. The van der Waals surface area contributed by atoms with Crippen LogP contribution >= 0.6 is 11.8 Å². The fourth-order valence-corrected chi connectivity index (χ4v) is 3.72. The third-order valence-corrected chi connectivity index (χ3v) is 5.08. The Balaban J connectivity index is 1.62. The fraction of sp³-hybridized carbons (Fsp3) is 0.100. The summed E-state index contributed by atoms with van der Waals surface area (Å²) in [5.41, 5.74) is 2.92. The molecule has 6 heteroatoms. The van der Waals surface area contributed by atoms with E-state index in [2.05, 4.69) is 27.0 Å². The fourth-order valence-electron chi connectivity index (χ4n) is 2.88. The molecule has 130 valence electrons. The first-order valence-electron chi connectivity index (χ1n) is 8.12. The number of rotatable bonds is 3. The van der Waals surface area contributed by atoms with Gasteiger partial charge >= 0.3 is 0 Å². The summed E-state index contributed by atoms with van der Waals surface area (Å²) in [6.45, 7) is 0. The molecule has 1 aromatic heterocycles. The zero-order chi connectivity index (χ0) is 18.1. The maximum absolute atomic E-state index is 12.3. The van der Waals surface area contributed by atoms with Crippen molar-refractivity contribution in [1.82, 2.24) is 9.88 Å². The first kappa shape index (κ1) is 16.5. The minimum absolute atomic E-state index is 0.129. The first-order chi connectivity index (χ1) is 12.6. The lowest BCUT2D eigenvalue weighted by molar-refractivity contribution is -0.115. The summed E-state index contributed by atoms with van der Waals surface area (Å²) in [6.07, 6.45) is 3.95. The summed E-state index contributed by atoms with van der Waals surface area (Å²) >= 11 is 1.35. The maximum atomic E-state index is 12.3. The van der Waals surface area contributed by atoms with Crippen molar-refractivity contribution >= 4 is 45.5 Å². The number of para-hydroxylation sites is 1. The zero-order valence-electron chi connectivity index (χ0n) is 14.4. The highest BCUT2D eigenvalue weighted by Crippen LogP contribution is 2.31. The number of amides is 1. The third kappa shape index (κ3) is 3.11. The molecule has 26 heavy (non-hydrogen) atoms. The number of benzene rings is 2. The summed E-state index contributed by atoms with van der Waals surface area (Å²) in [7, 11) is 3.63. The van der Waals surface area contributed by atoms with Crippen LogP contribution in [0.3, 0.4) is 0 Å². The molecule has 1 saturated heterocycles. The van der Waals surface area contributed by atoms with Gasteiger partial charge in [-0.25, -0.2) is 4.99 Å². The van der Waals surface area contributed by atoms with Crippen LogP contribution in [0.4, 0.5) is 5.69 Å². The van der Waals surface area contributed by atoms with Gasteiger partial charge in [-0.1, -0.05) is 18.2 Å². The standard InChI is InChI=1S/C20H17N3O2S/c1-23-12-13(16-5-3-4-6-17(16)23)11-18-19(24)22-20(26-18)21-14-7-9-15(25-2)10-8-14/h3-12H,1-2H3,(H,21,22,24). The summed E-state index contributed by atoms with van der Waals surface area (Å²) < 4.78 is 7.20.